The van der Waals surface area contributed by atoms with Crippen molar-refractivity contribution in [3.63, 3.8) is 0 Å². The van der Waals surface area contributed by atoms with E-state index in [-0.39, 0.29) is 6.42 Å². The number of carboxylic acids is 1. The van der Waals surface area contributed by atoms with Crippen LogP contribution >= 0.6 is 0 Å². The summed E-state index contributed by atoms with van der Waals surface area (Å²) >= 11 is 0. The molecule has 1 aromatic rings. The van der Waals surface area contributed by atoms with Crippen LogP contribution in [0.4, 0.5) is 4.39 Å². The third kappa shape index (κ3) is 2.73. The van der Waals surface area contributed by atoms with E-state index < -0.39 is 17.3 Å². The van der Waals surface area contributed by atoms with E-state index in [1.165, 1.54) is 12.1 Å². The van der Waals surface area contributed by atoms with Gasteiger partial charge < -0.3 is 10.4 Å². The second-order valence-electron chi connectivity index (χ2n) is 3.51. The van der Waals surface area contributed by atoms with Crippen molar-refractivity contribution in [2.75, 3.05) is 7.05 Å². The quantitative estimate of drug-likeness (QED) is 0.785. The Hall–Kier alpha value is -1.49. The second-order valence-corrected chi connectivity index (χ2v) is 3.51. The predicted octanol–water partition coefficient (Wildman–Crippen LogP) is 1.13. The van der Waals surface area contributed by atoms with Gasteiger partial charge in [-0.3, -0.25) is 9.78 Å². The van der Waals surface area contributed by atoms with Crippen molar-refractivity contribution in [3.8, 4) is 0 Å². The maximum absolute atomic E-state index is 12.6. The van der Waals surface area contributed by atoms with Crippen molar-refractivity contribution in [2.45, 2.75) is 18.9 Å². The number of hydrogen-bond donors (Lipinski definition) is 2. The summed E-state index contributed by atoms with van der Waals surface area (Å²) in [7, 11) is 1.65. The van der Waals surface area contributed by atoms with Gasteiger partial charge in [0, 0.05) is 0 Å². The zero-order chi connectivity index (χ0) is 11.5. The molecule has 4 nitrogen and oxygen atoms in total. The summed E-state index contributed by atoms with van der Waals surface area (Å²) in [5, 5.41) is 11.6. The van der Waals surface area contributed by atoms with E-state index in [9.17, 15) is 9.18 Å². The Balaban J connectivity index is 3.00. The molecule has 0 radical (unpaired) electrons. The first-order chi connectivity index (χ1) is 6.98. The number of halogens is 1. The number of hydrogen-bond acceptors (Lipinski definition) is 3. The molecule has 1 aromatic heterocycles. The van der Waals surface area contributed by atoms with E-state index in [0.717, 1.165) is 6.20 Å². The molecule has 0 amide bonds. The summed E-state index contributed by atoms with van der Waals surface area (Å²) in [4.78, 5) is 14.5. The van der Waals surface area contributed by atoms with Gasteiger partial charge in [0.2, 0.25) is 0 Å². The lowest BCUT2D eigenvalue weighted by Crippen LogP contribution is -2.39. The zero-order valence-electron chi connectivity index (χ0n) is 8.62. The van der Waals surface area contributed by atoms with Gasteiger partial charge in [-0.05, 0) is 26.1 Å². The van der Waals surface area contributed by atoms with Gasteiger partial charge in [-0.25, -0.2) is 4.39 Å². The molecule has 1 unspecified atom stereocenters. The van der Waals surface area contributed by atoms with Crippen LogP contribution in [0, 0.1) is 5.82 Å². The minimum atomic E-state index is -0.932. The van der Waals surface area contributed by atoms with Crippen molar-refractivity contribution in [3.05, 3.63) is 29.8 Å². The molecule has 0 aliphatic heterocycles. The maximum atomic E-state index is 12.6. The normalized spacial score (nSPS) is 14.6. The average molecular weight is 212 g/mol. The summed E-state index contributed by atoms with van der Waals surface area (Å²) in [6.45, 7) is 1.71. The average Bonchev–Trinajstić information content (AvgIpc) is 2.17. The minimum Gasteiger partial charge on any atom is -0.481 e. The molecule has 0 fully saturated rings. The van der Waals surface area contributed by atoms with Gasteiger partial charge in [-0.1, -0.05) is 0 Å². The van der Waals surface area contributed by atoms with Crippen LogP contribution in [-0.4, -0.2) is 23.1 Å². The Kier molecular flexibility index (Phi) is 3.36. The van der Waals surface area contributed by atoms with Crippen molar-refractivity contribution < 1.29 is 14.3 Å². The smallest absolute Gasteiger partial charge is 0.305 e. The Morgan fingerprint density at radius 2 is 2.33 bits per heavy atom. The number of rotatable bonds is 4. The summed E-state index contributed by atoms with van der Waals surface area (Å²) in [5.41, 5.74) is -0.270. The Morgan fingerprint density at radius 1 is 1.67 bits per heavy atom. The van der Waals surface area contributed by atoms with Crippen LogP contribution in [0.25, 0.3) is 0 Å². The van der Waals surface area contributed by atoms with Gasteiger partial charge in [-0.2, -0.15) is 0 Å². The topological polar surface area (TPSA) is 62.2 Å². The van der Waals surface area contributed by atoms with Gasteiger partial charge in [0.1, 0.15) is 5.82 Å². The number of pyridine rings is 1. The maximum Gasteiger partial charge on any atom is 0.305 e. The Bertz CT molecular complexity index is 353. The van der Waals surface area contributed by atoms with E-state index in [2.05, 4.69) is 10.3 Å². The standard InChI is InChI=1S/C10H13FN2O2/c1-10(12-2,5-9(14)15)8-4-3-7(11)6-13-8/h3-4,6,12H,5H2,1-2H3,(H,14,15). The first-order valence-electron chi connectivity index (χ1n) is 4.50. The SMILES string of the molecule is CNC(C)(CC(=O)O)c1ccc(F)cn1. The van der Waals surface area contributed by atoms with Gasteiger partial charge in [0.15, 0.2) is 0 Å². The number of nitrogens with one attached hydrogen (secondary N) is 1. The van der Waals surface area contributed by atoms with Crippen LogP contribution in [0.1, 0.15) is 19.0 Å². The van der Waals surface area contributed by atoms with Crippen LogP contribution in [0.3, 0.4) is 0 Å². The molecule has 82 valence electrons. The summed E-state index contributed by atoms with van der Waals surface area (Å²) < 4.78 is 12.6. The summed E-state index contributed by atoms with van der Waals surface area (Å²) in [6.07, 6.45) is 0.967. The highest BCUT2D eigenvalue weighted by Gasteiger charge is 2.29. The Labute approximate surface area is 87.1 Å². The molecule has 1 heterocycles. The van der Waals surface area contributed by atoms with E-state index >= 15 is 0 Å². The van der Waals surface area contributed by atoms with E-state index in [1.807, 2.05) is 0 Å². The van der Waals surface area contributed by atoms with E-state index in [1.54, 1.807) is 14.0 Å². The number of carbonyl (C=O) groups is 1. The van der Waals surface area contributed by atoms with Crippen molar-refractivity contribution in [1.82, 2.24) is 10.3 Å². The van der Waals surface area contributed by atoms with Crippen LogP contribution in [0.5, 0.6) is 0 Å². The first-order valence-corrected chi connectivity index (χ1v) is 4.50. The molecular weight excluding hydrogens is 199 g/mol. The van der Waals surface area contributed by atoms with Crippen LogP contribution in [-0.2, 0) is 10.3 Å². The zero-order valence-corrected chi connectivity index (χ0v) is 8.62. The lowest BCUT2D eigenvalue weighted by Gasteiger charge is -2.26. The first kappa shape index (κ1) is 11.6. The monoisotopic (exact) mass is 212 g/mol. The molecule has 1 atom stereocenters. The number of aliphatic carboxylic acids is 1. The molecule has 5 heteroatoms. The molecule has 0 bridgehead atoms. The third-order valence-electron chi connectivity index (χ3n) is 2.35. The highest BCUT2D eigenvalue weighted by molar-refractivity contribution is 5.68. The summed E-state index contributed by atoms with van der Waals surface area (Å²) in [6, 6.07) is 2.74. The molecule has 1 rings (SSSR count). The van der Waals surface area contributed by atoms with Crippen molar-refractivity contribution >= 4 is 5.97 Å². The van der Waals surface area contributed by atoms with Crippen LogP contribution < -0.4 is 5.32 Å². The molecule has 0 aromatic carbocycles. The van der Waals surface area contributed by atoms with Crippen molar-refractivity contribution in [2.24, 2.45) is 0 Å². The fourth-order valence-electron chi connectivity index (χ4n) is 1.31. The minimum absolute atomic E-state index is 0.109. The fourth-order valence-corrected chi connectivity index (χ4v) is 1.31. The molecule has 0 aliphatic carbocycles. The summed E-state index contributed by atoms with van der Waals surface area (Å²) in [5.74, 6) is -1.37. The number of carboxylic acid groups (broad SMARTS) is 1. The predicted molar refractivity (Wildman–Crippen MR) is 52.9 cm³/mol. The van der Waals surface area contributed by atoms with Gasteiger partial charge in [0.25, 0.3) is 0 Å². The molecule has 0 saturated carbocycles. The molecule has 0 aliphatic rings. The second kappa shape index (κ2) is 4.35. The molecular formula is C10H13FN2O2. The Morgan fingerprint density at radius 3 is 2.73 bits per heavy atom. The number of nitrogens with zero attached hydrogens (tertiary/aromatic N) is 1. The highest BCUT2D eigenvalue weighted by Crippen LogP contribution is 2.22. The third-order valence-corrected chi connectivity index (χ3v) is 2.35. The van der Waals surface area contributed by atoms with E-state index in [4.69, 9.17) is 5.11 Å². The van der Waals surface area contributed by atoms with Gasteiger partial charge in [-0.15, -0.1) is 0 Å². The van der Waals surface area contributed by atoms with Gasteiger partial charge >= 0.3 is 5.97 Å². The van der Waals surface area contributed by atoms with E-state index in [0.29, 0.717) is 5.69 Å². The molecule has 0 spiro atoms. The van der Waals surface area contributed by atoms with Crippen LogP contribution in [0.15, 0.2) is 18.3 Å². The largest absolute Gasteiger partial charge is 0.481 e. The fraction of sp³-hybridized carbons (Fsp3) is 0.400. The molecule has 0 saturated heterocycles. The number of aromatic nitrogens is 1. The van der Waals surface area contributed by atoms with Crippen molar-refractivity contribution in [1.29, 1.82) is 0 Å². The lowest BCUT2D eigenvalue weighted by molar-refractivity contribution is -0.138. The molecule has 15 heavy (non-hydrogen) atoms. The lowest BCUT2D eigenvalue weighted by atomic mass is 9.93. The van der Waals surface area contributed by atoms with Gasteiger partial charge in [0.05, 0.1) is 23.9 Å². The van der Waals surface area contributed by atoms with Crippen LogP contribution in [0.2, 0.25) is 0 Å². The highest BCUT2D eigenvalue weighted by atomic mass is 19.1. The molecule has 2 N–H and O–H groups in total.